The summed E-state index contributed by atoms with van der Waals surface area (Å²) < 4.78 is 17.1. The number of fused-ring (bicyclic) bond motifs is 2. The molecular formula is C20H15N3O3. The Morgan fingerprint density at radius 3 is 2.62 bits per heavy atom. The summed E-state index contributed by atoms with van der Waals surface area (Å²) >= 11 is 0. The number of nitrogens with zero attached hydrogens (tertiary/aromatic N) is 2. The second-order valence-corrected chi connectivity index (χ2v) is 6.00. The van der Waals surface area contributed by atoms with Gasteiger partial charge in [0, 0.05) is 11.8 Å². The summed E-state index contributed by atoms with van der Waals surface area (Å²) in [5.74, 6) is 2.31. The van der Waals surface area contributed by atoms with Crippen molar-refractivity contribution in [2.24, 2.45) is 0 Å². The minimum absolute atomic E-state index is 0.373. The lowest BCUT2D eigenvalue weighted by atomic mass is 10.0. The van der Waals surface area contributed by atoms with Crippen LogP contribution in [0.4, 0.5) is 5.82 Å². The van der Waals surface area contributed by atoms with Gasteiger partial charge >= 0.3 is 0 Å². The number of hydrogen-bond donors (Lipinski definition) is 1. The Morgan fingerprint density at radius 2 is 1.73 bits per heavy atom. The van der Waals surface area contributed by atoms with Crippen LogP contribution in [0.2, 0.25) is 0 Å². The molecule has 5 rings (SSSR count). The van der Waals surface area contributed by atoms with Crippen molar-refractivity contribution in [2.75, 3.05) is 18.9 Å². The van der Waals surface area contributed by atoms with Gasteiger partial charge in [-0.15, -0.1) is 0 Å². The number of pyridine rings is 1. The maximum atomic E-state index is 6.08. The molecule has 0 bridgehead atoms. The smallest absolute Gasteiger partial charge is 0.231 e. The summed E-state index contributed by atoms with van der Waals surface area (Å²) in [4.78, 5) is 8.84. The van der Waals surface area contributed by atoms with Crippen molar-refractivity contribution >= 4 is 16.9 Å². The largest absolute Gasteiger partial charge is 0.486 e. The molecule has 6 heteroatoms. The fraction of sp³-hybridized carbons (Fsp3) is 0.100. The summed E-state index contributed by atoms with van der Waals surface area (Å²) in [5.41, 5.74) is 10.1. The maximum Gasteiger partial charge on any atom is 0.231 e. The number of nitrogens with two attached hydrogens (primary N) is 1. The fourth-order valence-electron chi connectivity index (χ4n) is 3.01. The molecule has 0 amide bonds. The van der Waals surface area contributed by atoms with Crippen molar-refractivity contribution in [3.8, 4) is 34.1 Å². The van der Waals surface area contributed by atoms with Crippen LogP contribution in [0.3, 0.4) is 0 Å². The molecule has 6 nitrogen and oxygen atoms in total. The normalized spacial score (nSPS) is 13.1. The van der Waals surface area contributed by atoms with E-state index in [0.717, 1.165) is 28.1 Å². The molecule has 1 aliphatic heterocycles. The lowest BCUT2D eigenvalue weighted by Gasteiger charge is -2.19. The number of para-hydroxylation sites is 2. The second kappa shape index (κ2) is 5.77. The van der Waals surface area contributed by atoms with Gasteiger partial charge in [-0.05, 0) is 35.9 Å². The van der Waals surface area contributed by atoms with Gasteiger partial charge in [0.2, 0.25) is 5.89 Å². The Kier molecular flexibility index (Phi) is 3.28. The van der Waals surface area contributed by atoms with Gasteiger partial charge in [0.15, 0.2) is 17.1 Å². The van der Waals surface area contributed by atoms with Crippen LogP contribution >= 0.6 is 0 Å². The van der Waals surface area contributed by atoms with Gasteiger partial charge in [-0.2, -0.15) is 0 Å². The number of nitrogen functional groups attached to an aromatic ring is 1. The van der Waals surface area contributed by atoms with E-state index in [1.807, 2.05) is 48.5 Å². The molecule has 0 saturated heterocycles. The summed E-state index contributed by atoms with van der Waals surface area (Å²) in [6, 6.07) is 15.3. The molecule has 2 aromatic carbocycles. The number of hydrogen-bond acceptors (Lipinski definition) is 6. The number of oxazole rings is 1. The molecule has 2 aromatic heterocycles. The monoisotopic (exact) mass is 345 g/mol. The number of anilines is 1. The van der Waals surface area contributed by atoms with Gasteiger partial charge < -0.3 is 19.6 Å². The average Bonchev–Trinajstić information content (AvgIpc) is 3.12. The van der Waals surface area contributed by atoms with E-state index in [9.17, 15) is 0 Å². The zero-order valence-corrected chi connectivity index (χ0v) is 13.8. The van der Waals surface area contributed by atoms with Crippen LogP contribution in [-0.4, -0.2) is 23.2 Å². The van der Waals surface area contributed by atoms with Gasteiger partial charge in [-0.1, -0.05) is 18.2 Å². The lowest BCUT2D eigenvalue weighted by molar-refractivity contribution is 0.171. The molecule has 0 saturated carbocycles. The van der Waals surface area contributed by atoms with E-state index in [2.05, 4.69) is 9.97 Å². The van der Waals surface area contributed by atoms with Crippen molar-refractivity contribution in [1.29, 1.82) is 0 Å². The Balaban J connectivity index is 1.60. The highest BCUT2D eigenvalue weighted by Crippen LogP contribution is 2.36. The highest BCUT2D eigenvalue weighted by molar-refractivity contribution is 5.81. The van der Waals surface area contributed by atoms with Crippen LogP contribution < -0.4 is 15.2 Å². The molecule has 3 heterocycles. The van der Waals surface area contributed by atoms with Crippen molar-refractivity contribution < 1.29 is 13.9 Å². The third-order valence-electron chi connectivity index (χ3n) is 4.32. The first kappa shape index (κ1) is 14.8. The van der Waals surface area contributed by atoms with Crippen molar-refractivity contribution in [1.82, 2.24) is 9.97 Å². The molecule has 0 unspecified atom stereocenters. The van der Waals surface area contributed by atoms with Crippen molar-refractivity contribution in [3.05, 3.63) is 54.7 Å². The van der Waals surface area contributed by atoms with E-state index in [4.69, 9.17) is 19.6 Å². The molecule has 0 aliphatic carbocycles. The van der Waals surface area contributed by atoms with Gasteiger partial charge in [0.25, 0.3) is 0 Å². The predicted molar refractivity (Wildman–Crippen MR) is 98.1 cm³/mol. The minimum atomic E-state index is 0.373. The van der Waals surface area contributed by atoms with Crippen molar-refractivity contribution in [2.45, 2.75) is 0 Å². The summed E-state index contributed by atoms with van der Waals surface area (Å²) in [7, 11) is 0. The van der Waals surface area contributed by atoms with E-state index >= 15 is 0 Å². The highest BCUT2D eigenvalue weighted by atomic mass is 16.6. The molecule has 0 radical (unpaired) electrons. The molecule has 26 heavy (non-hydrogen) atoms. The molecule has 0 atom stereocenters. The molecule has 0 spiro atoms. The number of rotatable bonds is 2. The molecule has 2 N–H and O–H groups in total. The lowest BCUT2D eigenvalue weighted by Crippen LogP contribution is -2.15. The summed E-state index contributed by atoms with van der Waals surface area (Å²) in [5, 5.41) is 0. The molecule has 0 fully saturated rings. The van der Waals surface area contributed by atoms with Crippen LogP contribution in [0.15, 0.2) is 59.1 Å². The van der Waals surface area contributed by atoms with Crippen LogP contribution in [0.5, 0.6) is 11.5 Å². The molecular weight excluding hydrogens is 330 g/mol. The number of ether oxygens (including phenoxy) is 2. The van der Waals surface area contributed by atoms with Crippen LogP contribution in [0.25, 0.3) is 33.7 Å². The third-order valence-corrected chi connectivity index (χ3v) is 4.32. The fourth-order valence-corrected chi connectivity index (χ4v) is 3.01. The first-order valence-electron chi connectivity index (χ1n) is 8.29. The van der Waals surface area contributed by atoms with Crippen LogP contribution in [0, 0.1) is 0 Å². The number of aromatic nitrogens is 2. The zero-order chi connectivity index (χ0) is 17.5. The molecule has 128 valence electrons. The SMILES string of the molecule is Nc1ncc(-c2ccc3c(c2)OCCO3)cc1-c1nc2ccccc2o1. The van der Waals surface area contributed by atoms with E-state index in [0.29, 0.717) is 36.1 Å². The highest BCUT2D eigenvalue weighted by Gasteiger charge is 2.16. The standard InChI is InChI=1S/C20H15N3O3/c21-19-14(20-23-15-3-1-2-4-16(15)26-20)9-13(11-22-19)12-5-6-17-18(10-12)25-8-7-24-17/h1-6,9-11H,7-8H2,(H2,21,22). The van der Waals surface area contributed by atoms with E-state index in [1.165, 1.54) is 0 Å². The molecule has 4 aromatic rings. The van der Waals surface area contributed by atoms with Gasteiger partial charge in [-0.25, -0.2) is 9.97 Å². The Bertz CT molecular complexity index is 1090. The Hall–Kier alpha value is -3.54. The Morgan fingerprint density at radius 1 is 0.885 bits per heavy atom. The first-order chi connectivity index (χ1) is 12.8. The topological polar surface area (TPSA) is 83.4 Å². The zero-order valence-electron chi connectivity index (χ0n) is 13.8. The maximum absolute atomic E-state index is 6.08. The van der Waals surface area contributed by atoms with Crippen LogP contribution in [-0.2, 0) is 0 Å². The summed E-state index contributed by atoms with van der Waals surface area (Å²) in [6.07, 6.45) is 1.73. The predicted octanol–water partition coefficient (Wildman–Crippen LogP) is 3.91. The van der Waals surface area contributed by atoms with Gasteiger partial charge in [0.05, 0.1) is 5.56 Å². The Labute approximate surface area is 149 Å². The van der Waals surface area contributed by atoms with Crippen LogP contribution in [0.1, 0.15) is 0 Å². The first-order valence-corrected chi connectivity index (χ1v) is 8.29. The van der Waals surface area contributed by atoms with E-state index in [-0.39, 0.29) is 0 Å². The second-order valence-electron chi connectivity index (χ2n) is 6.00. The van der Waals surface area contributed by atoms with E-state index in [1.54, 1.807) is 6.20 Å². The van der Waals surface area contributed by atoms with Crippen molar-refractivity contribution in [3.63, 3.8) is 0 Å². The average molecular weight is 345 g/mol. The van der Waals surface area contributed by atoms with Gasteiger partial charge in [0.1, 0.15) is 24.5 Å². The quantitative estimate of drug-likeness (QED) is 0.593. The minimum Gasteiger partial charge on any atom is -0.486 e. The number of benzene rings is 2. The third kappa shape index (κ3) is 2.43. The van der Waals surface area contributed by atoms with Gasteiger partial charge in [-0.3, -0.25) is 0 Å². The van der Waals surface area contributed by atoms with E-state index < -0.39 is 0 Å². The molecule has 1 aliphatic rings. The summed E-state index contributed by atoms with van der Waals surface area (Å²) in [6.45, 7) is 1.11.